The van der Waals surface area contributed by atoms with E-state index in [1.807, 2.05) is 13.8 Å². The highest BCUT2D eigenvalue weighted by Gasteiger charge is 2.18. The van der Waals surface area contributed by atoms with Crippen LogP contribution < -0.4 is 0 Å². The van der Waals surface area contributed by atoms with Gasteiger partial charge in [0.25, 0.3) is 0 Å². The van der Waals surface area contributed by atoms with Crippen LogP contribution in [0.15, 0.2) is 0 Å². The largest absolute Gasteiger partial charge is 0.356 e. The molecule has 0 spiro atoms. The predicted molar refractivity (Wildman–Crippen MR) is 54.0 cm³/mol. The van der Waals surface area contributed by atoms with Gasteiger partial charge < -0.3 is 9.47 Å². The van der Waals surface area contributed by atoms with Crippen molar-refractivity contribution in [3.63, 3.8) is 0 Å². The standard InChI is InChI=1S/C5H10I2O2/c1-4(8-3)9-5(2,6)7/h4H,1-3H3/t4-/m1/s1. The summed E-state index contributed by atoms with van der Waals surface area (Å²) in [6.07, 6.45) is -0.121. The highest BCUT2D eigenvalue weighted by Crippen LogP contribution is 2.29. The van der Waals surface area contributed by atoms with Gasteiger partial charge in [-0.15, -0.1) is 0 Å². The van der Waals surface area contributed by atoms with Crippen molar-refractivity contribution in [3.05, 3.63) is 0 Å². The minimum atomic E-state index is -0.162. The molecule has 2 nitrogen and oxygen atoms in total. The Hall–Kier alpha value is 1.38. The number of hydrogen-bond donors (Lipinski definition) is 0. The molecule has 0 aliphatic carbocycles. The van der Waals surface area contributed by atoms with Crippen molar-refractivity contribution >= 4 is 45.2 Å². The van der Waals surface area contributed by atoms with Crippen LogP contribution in [0.2, 0.25) is 0 Å². The summed E-state index contributed by atoms with van der Waals surface area (Å²) in [5.41, 5.74) is 0. The van der Waals surface area contributed by atoms with Gasteiger partial charge in [-0.2, -0.15) is 0 Å². The van der Waals surface area contributed by atoms with Crippen LogP contribution >= 0.6 is 45.2 Å². The van der Waals surface area contributed by atoms with Gasteiger partial charge in [-0.1, -0.05) is 0 Å². The lowest BCUT2D eigenvalue weighted by molar-refractivity contribution is -0.116. The molecule has 0 unspecified atom stereocenters. The summed E-state index contributed by atoms with van der Waals surface area (Å²) in [5.74, 6) is 0. The van der Waals surface area contributed by atoms with Crippen LogP contribution in [0.25, 0.3) is 0 Å². The second kappa shape index (κ2) is 4.30. The molecule has 0 radical (unpaired) electrons. The zero-order valence-electron chi connectivity index (χ0n) is 5.65. The van der Waals surface area contributed by atoms with Crippen molar-refractivity contribution < 1.29 is 9.47 Å². The Morgan fingerprint density at radius 2 is 1.89 bits per heavy atom. The minimum absolute atomic E-state index is 0.121. The highest BCUT2D eigenvalue weighted by atomic mass is 127. The monoisotopic (exact) mass is 356 g/mol. The lowest BCUT2D eigenvalue weighted by Crippen LogP contribution is -2.20. The lowest BCUT2D eigenvalue weighted by Gasteiger charge is -2.19. The van der Waals surface area contributed by atoms with Crippen molar-refractivity contribution in [2.45, 2.75) is 21.8 Å². The van der Waals surface area contributed by atoms with E-state index in [1.165, 1.54) is 0 Å². The van der Waals surface area contributed by atoms with Crippen molar-refractivity contribution in [3.8, 4) is 0 Å². The van der Waals surface area contributed by atoms with Gasteiger partial charge in [0.05, 0.1) is 0 Å². The predicted octanol–water partition coefficient (Wildman–Crippen LogP) is 2.54. The SMILES string of the molecule is CO[C@@H](C)OC(C)(I)I. The Morgan fingerprint density at radius 1 is 1.44 bits per heavy atom. The molecule has 0 aromatic carbocycles. The molecular formula is C5H10I2O2. The summed E-state index contributed by atoms with van der Waals surface area (Å²) in [5, 5.41) is 0. The number of hydrogen-bond acceptors (Lipinski definition) is 2. The first-order valence-electron chi connectivity index (χ1n) is 2.54. The molecule has 9 heavy (non-hydrogen) atoms. The molecule has 0 aromatic heterocycles. The van der Waals surface area contributed by atoms with Crippen LogP contribution in [0.3, 0.4) is 0 Å². The topological polar surface area (TPSA) is 18.5 Å². The van der Waals surface area contributed by atoms with Gasteiger partial charge in [0.2, 0.25) is 0 Å². The fourth-order valence-corrected chi connectivity index (χ4v) is 1.06. The maximum Gasteiger partial charge on any atom is 0.170 e. The summed E-state index contributed by atoms with van der Waals surface area (Å²) < 4.78 is 10.1. The number of alkyl halides is 2. The molecule has 4 heteroatoms. The molecule has 0 amide bonds. The number of ether oxygens (including phenoxy) is 2. The van der Waals surface area contributed by atoms with Crippen LogP contribution in [0, 0.1) is 0 Å². The fraction of sp³-hybridized carbons (Fsp3) is 1.00. The van der Waals surface area contributed by atoms with Gasteiger partial charge >= 0.3 is 0 Å². The molecule has 0 rings (SSSR count). The summed E-state index contributed by atoms with van der Waals surface area (Å²) in [6, 6.07) is 0. The molecule has 0 aliphatic heterocycles. The Kier molecular flexibility index (Phi) is 4.96. The van der Waals surface area contributed by atoms with Gasteiger partial charge in [0, 0.05) is 7.11 Å². The average Bonchev–Trinajstić information content (AvgIpc) is 1.62. The number of methoxy groups -OCH3 is 1. The Labute approximate surface area is 82.9 Å². The maximum atomic E-state index is 5.34. The van der Waals surface area contributed by atoms with E-state index in [0.29, 0.717) is 0 Å². The molecule has 56 valence electrons. The summed E-state index contributed by atoms with van der Waals surface area (Å²) in [7, 11) is 1.63. The molecule has 0 bridgehead atoms. The van der Waals surface area contributed by atoms with E-state index in [0.717, 1.165) is 0 Å². The van der Waals surface area contributed by atoms with Gasteiger partial charge in [-0.25, -0.2) is 0 Å². The van der Waals surface area contributed by atoms with Crippen LogP contribution in [0.5, 0.6) is 0 Å². The second-order valence-electron chi connectivity index (χ2n) is 1.73. The van der Waals surface area contributed by atoms with E-state index in [-0.39, 0.29) is 7.90 Å². The molecule has 0 fully saturated rings. The van der Waals surface area contributed by atoms with Crippen LogP contribution in [0.4, 0.5) is 0 Å². The Morgan fingerprint density at radius 3 is 2.00 bits per heavy atom. The third kappa shape index (κ3) is 7.27. The Balaban J connectivity index is 3.47. The third-order valence-corrected chi connectivity index (χ3v) is 1.21. The molecule has 0 aliphatic rings. The maximum absolute atomic E-state index is 5.34. The van der Waals surface area contributed by atoms with E-state index in [2.05, 4.69) is 45.2 Å². The van der Waals surface area contributed by atoms with Crippen LogP contribution in [-0.4, -0.2) is 15.0 Å². The van der Waals surface area contributed by atoms with Gasteiger partial charge in [0.15, 0.2) is 7.90 Å². The van der Waals surface area contributed by atoms with Crippen LogP contribution in [0.1, 0.15) is 13.8 Å². The Bertz CT molecular complexity index is 79.5. The van der Waals surface area contributed by atoms with Gasteiger partial charge in [0.1, 0.15) is 0 Å². The molecule has 0 aromatic rings. The third-order valence-electron chi connectivity index (χ3n) is 0.705. The molecule has 0 saturated carbocycles. The number of halogens is 2. The van der Waals surface area contributed by atoms with E-state index in [4.69, 9.17) is 9.47 Å². The van der Waals surface area contributed by atoms with E-state index in [9.17, 15) is 0 Å². The zero-order chi connectivity index (χ0) is 7.49. The summed E-state index contributed by atoms with van der Waals surface area (Å²) in [4.78, 5) is 0. The normalized spacial score (nSPS) is 15.7. The first-order chi connectivity index (χ1) is 3.95. The van der Waals surface area contributed by atoms with Gasteiger partial charge in [-0.3, -0.25) is 0 Å². The summed E-state index contributed by atoms with van der Waals surface area (Å²) >= 11 is 4.40. The molecule has 0 saturated heterocycles. The lowest BCUT2D eigenvalue weighted by atomic mass is 10.7. The van der Waals surface area contributed by atoms with E-state index >= 15 is 0 Å². The van der Waals surface area contributed by atoms with Gasteiger partial charge in [-0.05, 0) is 59.0 Å². The van der Waals surface area contributed by atoms with Crippen molar-refractivity contribution in [1.82, 2.24) is 0 Å². The van der Waals surface area contributed by atoms with Crippen LogP contribution in [-0.2, 0) is 9.47 Å². The number of rotatable bonds is 3. The first-order valence-corrected chi connectivity index (χ1v) is 4.70. The van der Waals surface area contributed by atoms with Crippen molar-refractivity contribution in [2.24, 2.45) is 0 Å². The highest BCUT2D eigenvalue weighted by molar-refractivity contribution is 14.2. The molecular weight excluding hydrogens is 346 g/mol. The molecule has 0 N–H and O–H groups in total. The van der Waals surface area contributed by atoms with Crippen molar-refractivity contribution in [2.75, 3.05) is 7.11 Å². The van der Waals surface area contributed by atoms with Crippen molar-refractivity contribution in [1.29, 1.82) is 0 Å². The smallest absolute Gasteiger partial charge is 0.170 e. The molecule has 0 heterocycles. The average molecular weight is 356 g/mol. The first kappa shape index (κ1) is 10.4. The minimum Gasteiger partial charge on any atom is -0.356 e. The van der Waals surface area contributed by atoms with E-state index in [1.54, 1.807) is 7.11 Å². The molecule has 1 atom stereocenters. The quantitative estimate of drug-likeness (QED) is 0.440. The summed E-state index contributed by atoms with van der Waals surface area (Å²) in [6.45, 7) is 3.85. The fourth-order valence-electron chi connectivity index (χ4n) is 0.340. The second-order valence-corrected chi connectivity index (χ2v) is 7.91. The van der Waals surface area contributed by atoms with E-state index < -0.39 is 0 Å². The zero-order valence-corrected chi connectivity index (χ0v) is 9.96.